The van der Waals surface area contributed by atoms with E-state index in [1.165, 1.54) is 0 Å². The number of aromatic nitrogens is 5. The maximum atomic E-state index is 5.76. The first-order chi connectivity index (χ1) is 15.9. The first-order valence-electron chi connectivity index (χ1n) is 10.1. The highest BCUT2D eigenvalue weighted by molar-refractivity contribution is 5.90. The number of pyridine rings is 1. The summed E-state index contributed by atoms with van der Waals surface area (Å²) in [7, 11) is 0. The van der Waals surface area contributed by atoms with E-state index in [1.54, 1.807) is 17.1 Å². The Morgan fingerprint density at radius 3 is 2.62 bits per heavy atom. The Balaban J connectivity index is 1.26. The number of hydrazone groups is 1. The molecule has 0 amide bonds. The molecule has 0 atom stereocenters. The van der Waals surface area contributed by atoms with Crippen LogP contribution in [0.15, 0.2) is 96.2 Å². The lowest BCUT2D eigenvalue weighted by Gasteiger charge is -2.07. The summed E-state index contributed by atoms with van der Waals surface area (Å²) >= 11 is 0. The third-order valence-corrected chi connectivity index (χ3v) is 4.84. The van der Waals surface area contributed by atoms with Gasteiger partial charge in [-0.3, -0.25) is 4.98 Å². The molecule has 0 saturated carbocycles. The van der Waals surface area contributed by atoms with E-state index in [4.69, 9.17) is 4.74 Å². The van der Waals surface area contributed by atoms with E-state index in [0.29, 0.717) is 12.6 Å². The summed E-state index contributed by atoms with van der Waals surface area (Å²) in [5.41, 5.74) is 5.59. The minimum absolute atomic E-state index is 0.423. The van der Waals surface area contributed by atoms with Crippen molar-refractivity contribution in [1.82, 2.24) is 25.2 Å². The number of nitrogens with one attached hydrogen (secondary N) is 1. The monoisotopic (exact) mass is 421 g/mol. The fourth-order valence-electron chi connectivity index (χ4n) is 3.27. The molecule has 8 nitrogen and oxygen atoms in total. The summed E-state index contributed by atoms with van der Waals surface area (Å²) in [5.74, 6) is 1.19. The summed E-state index contributed by atoms with van der Waals surface area (Å²) in [4.78, 5) is 4.25. The molecule has 0 radical (unpaired) electrons. The van der Waals surface area contributed by atoms with Gasteiger partial charge in [0.2, 0.25) is 0 Å². The minimum atomic E-state index is 0.423. The van der Waals surface area contributed by atoms with Crippen LogP contribution in [0.4, 0.5) is 5.95 Å². The van der Waals surface area contributed by atoms with Crippen molar-refractivity contribution in [3.63, 3.8) is 0 Å². The lowest BCUT2D eigenvalue weighted by atomic mass is 10.1. The van der Waals surface area contributed by atoms with E-state index in [2.05, 4.69) is 43.2 Å². The van der Waals surface area contributed by atoms with Gasteiger partial charge in [0.05, 0.1) is 17.6 Å². The van der Waals surface area contributed by atoms with Gasteiger partial charge in [0, 0.05) is 11.6 Å². The third kappa shape index (κ3) is 4.29. The highest BCUT2D eigenvalue weighted by atomic mass is 16.5. The van der Waals surface area contributed by atoms with Gasteiger partial charge in [0.1, 0.15) is 12.4 Å². The van der Waals surface area contributed by atoms with E-state index in [-0.39, 0.29) is 0 Å². The van der Waals surface area contributed by atoms with Crippen LogP contribution in [0.2, 0.25) is 0 Å². The SMILES string of the molecule is C(=N\Nc1nnnn1-c1cccc2ccccc12)/c1ccc(OCc2ccccn2)cc1. The maximum absolute atomic E-state index is 5.76. The third-order valence-electron chi connectivity index (χ3n) is 4.84. The second-order valence-electron chi connectivity index (χ2n) is 6.96. The van der Waals surface area contributed by atoms with Crippen LogP contribution in [-0.2, 0) is 6.61 Å². The Morgan fingerprint density at radius 2 is 1.75 bits per heavy atom. The molecule has 1 N–H and O–H groups in total. The van der Waals surface area contributed by atoms with Gasteiger partial charge >= 0.3 is 0 Å². The molecule has 0 aliphatic rings. The first-order valence-corrected chi connectivity index (χ1v) is 10.1. The molecule has 0 bridgehead atoms. The van der Waals surface area contributed by atoms with E-state index in [9.17, 15) is 0 Å². The Hall–Kier alpha value is -4.59. The summed E-state index contributed by atoms with van der Waals surface area (Å²) in [6.45, 7) is 0.423. The molecule has 0 saturated heterocycles. The normalized spacial score (nSPS) is 11.1. The van der Waals surface area contributed by atoms with Gasteiger partial charge in [-0.05, 0) is 63.8 Å². The summed E-state index contributed by atoms with van der Waals surface area (Å²) in [6, 6.07) is 27.5. The average molecular weight is 421 g/mol. The van der Waals surface area contributed by atoms with Crippen LogP contribution in [0, 0.1) is 0 Å². The van der Waals surface area contributed by atoms with E-state index in [1.807, 2.05) is 72.8 Å². The Kier molecular flexibility index (Phi) is 5.48. The lowest BCUT2D eigenvalue weighted by Crippen LogP contribution is -2.04. The van der Waals surface area contributed by atoms with Crippen molar-refractivity contribution in [1.29, 1.82) is 0 Å². The van der Waals surface area contributed by atoms with Crippen LogP contribution in [-0.4, -0.2) is 31.4 Å². The van der Waals surface area contributed by atoms with Crippen LogP contribution in [0.1, 0.15) is 11.3 Å². The zero-order chi connectivity index (χ0) is 21.6. The van der Waals surface area contributed by atoms with Gasteiger partial charge in [-0.1, -0.05) is 47.6 Å². The fraction of sp³-hybridized carbons (Fsp3) is 0.0417. The molecule has 2 aromatic heterocycles. The predicted octanol–water partition coefficient (Wildman–Crippen LogP) is 4.24. The fourth-order valence-corrected chi connectivity index (χ4v) is 3.27. The highest BCUT2D eigenvalue weighted by Gasteiger charge is 2.10. The van der Waals surface area contributed by atoms with Crippen LogP contribution >= 0.6 is 0 Å². The van der Waals surface area contributed by atoms with Crippen molar-refractivity contribution in [3.8, 4) is 11.4 Å². The molecule has 3 aromatic carbocycles. The Labute approximate surface area is 184 Å². The first kappa shape index (κ1) is 19.4. The molecule has 5 rings (SSSR count). The van der Waals surface area contributed by atoms with Gasteiger partial charge in [0.25, 0.3) is 5.95 Å². The number of hydrogen-bond donors (Lipinski definition) is 1. The van der Waals surface area contributed by atoms with Crippen molar-refractivity contribution in [2.45, 2.75) is 6.61 Å². The second-order valence-corrected chi connectivity index (χ2v) is 6.96. The number of ether oxygens (including phenoxy) is 1. The predicted molar refractivity (Wildman–Crippen MR) is 123 cm³/mol. The van der Waals surface area contributed by atoms with Crippen LogP contribution in [0.3, 0.4) is 0 Å². The molecule has 2 heterocycles. The number of benzene rings is 3. The molecule has 0 aliphatic heterocycles. The Morgan fingerprint density at radius 1 is 0.906 bits per heavy atom. The molecule has 8 heteroatoms. The molecule has 156 valence electrons. The summed E-state index contributed by atoms with van der Waals surface area (Å²) in [5, 5.41) is 18.4. The second kappa shape index (κ2) is 9.05. The molecule has 32 heavy (non-hydrogen) atoms. The number of tetrazole rings is 1. The van der Waals surface area contributed by atoms with Gasteiger partial charge < -0.3 is 4.74 Å². The smallest absolute Gasteiger partial charge is 0.268 e. The topological polar surface area (TPSA) is 90.1 Å². The zero-order valence-electron chi connectivity index (χ0n) is 17.0. The van der Waals surface area contributed by atoms with E-state index >= 15 is 0 Å². The van der Waals surface area contributed by atoms with E-state index < -0.39 is 0 Å². The van der Waals surface area contributed by atoms with Gasteiger partial charge in [-0.25, -0.2) is 5.43 Å². The number of anilines is 1. The molecule has 0 aliphatic carbocycles. The van der Waals surface area contributed by atoms with Crippen molar-refractivity contribution in [3.05, 3.63) is 102 Å². The molecule has 5 aromatic rings. The summed E-state index contributed by atoms with van der Waals surface area (Å²) in [6.07, 6.45) is 3.45. The van der Waals surface area contributed by atoms with Crippen LogP contribution < -0.4 is 10.2 Å². The van der Waals surface area contributed by atoms with Gasteiger partial charge in [-0.2, -0.15) is 9.78 Å². The van der Waals surface area contributed by atoms with Crippen molar-refractivity contribution in [2.24, 2.45) is 5.10 Å². The molecular formula is C24H19N7O. The lowest BCUT2D eigenvalue weighted by molar-refractivity contribution is 0.301. The highest BCUT2D eigenvalue weighted by Crippen LogP contribution is 2.23. The quantitative estimate of drug-likeness (QED) is 0.312. The average Bonchev–Trinajstić information content (AvgIpc) is 3.32. The number of rotatable bonds is 7. The number of hydrogen-bond acceptors (Lipinski definition) is 7. The van der Waals surface area contributed by atoms with Crippen LogP contribution in [0.25, 0.3) is 16.5 Å². The molecule has 0 unspecified atom stereocenters. The van der Waals surface area contributed by atoms with Gasteiger partial charge in [-0.15, -0.1) is 0 Å². The van der Waals surface area contributed by atoms with Crippen LogP contribution in [0.5, 0.6) is 5.75 Å². The number of nitrogens with zero attached hydrogens (tertiary/aromatic N) is 6. The number of fused-ring (bicyclic) bond motifs is 1. The van der Waals surface area contributed by atoms with Gasteiger partial charge in [0.15, 0.2) is 0 Å². The largest absolute Gasteiger partial charge is 0.487 e. The minimum Gasteiger partial charge on any atom is -0.487 e. The van der Waals surface area contributed by atoms with Crippen molar-refractivity contribution in [2.75, 3.05) is 5.43 Å². The Bertz CT molecular complexity index is 1340. The zero-order valence-corrected chi connectivity index (χ0v) is 17.0. The molecule has 0 fully saturated rings. The molecule has 0 spiro atoms. The maximum Gasteiger partial charge on any atom is 0.268 e. The standard InChI is InChI=1S/C24H19N7O/c1-2-9-22-19(6-1)7-5-10-23(22)31-24(28-29-30-31)27-26-16-18-11-13-21(14-12-18)32-17-20-8-3-4-15-25-20/h1-16H,17H2,(H,27,28,30)/b26-16+. The summed E-state index contributed by atoms with van der Waals surface area (Å²) < 4.78 is 7.39. The van der Waals surface area contributed by atoms with E-state index in [0.717, 1.165) is 33.5 Å². The van der Waals surface area contributed by atoms with Crippen molar-refractivity contribution >= 4 is 22.9 Å². The van der Waals surface area contributed by atoms with Crippen molar-refractivity contribution < 1.29 is 4.74 Å². The molecular weight excluding hydrogens is 402 g/mol.